The van der Waals surface area contributed by atoms with Gasteiger partial charge in [-0.3, -0.25) is 0 Å². The summed E-state index contributed by atoms with van der Waals surface area (Å²) in [6.45, 7) is 3.98. The number of hydrogen-bond donors (Lipinski definition) is 0. The van der Waals surface area contributed by atoms with Crippen LogP contribution >= 0.6 is 0 Å². The van der Waals surface area contributed by atoms with Gasteiger partial charge in [0.15, 0.2) is 0 Å². The van der Waals surface area contributed by atoms with Crippen molar-refractivity contribution in [2.45, 2.75) is 13.8 Å². The van der Waals surface area contributed by atoms with E-state index in [-0.39, 0.29) is 0 Å². The van der Waals surface area contributed by atoms with E-state index in [9.17, 15) is 0 Å². The smallest absolute Gasteiger partial charge is 0.135 e. The lowest BCUT2D eigenvalue weighted by Crippen LogP contribution is -2.08. The number of benzene rings is 2. The second kappa shape index (κ2) is 6.36. The molecule has 0 spiro atoms. The molecule has 2 aromatic rings. The fourth-order valence-electron chi connectivity index (χ4n) is 3.06. The van der Waals surface area contributed by atoms with Gasteiger partial charge in [0.25, 0.3) is 0 Å². The summed E-state index contributed by atoms with van der Waals surface area (Å²) >= 11 is 0. The maximum absolute atomic E-state index is 6.23. The molecular weight excluding hydrogens is 308 g/mol. The van der Waals surface area contributed by atoms with Crippen molar-refractivity contribution in [2.75, 3.05) is 0 Å². The molecule has 0 aliphatic carbocycles. The molecule has 0 saturated carbocycles. The van der Waals surface area contributed by atoms with E-state index in [2.05, 4.69) is 46.6 Å². The van der Waals surface area contributed by atoms with Crippen LogP contribution in [-0.2, 0) is 4.74 Å². The number of hydrogen-bond acceptors (Lipinski definition) is 3. The molecule has 122 valence electrons. The number of nitrogens with zero attached hydrogens (tertiary/aromatic N) is 2. The molecule has 3 nitrogen and oxygen atoms in total. The number of allylic oxidation sites excluding steroid dienone is 4. The molecule has 0 radical (unpaired) electrons. The Morgan fingerprint density at radius 3 is 1.52 bits per heavy atom. The SMILES string of the molecule is CC1=NN=C(C)C1=C1C=C(c2ccccc2)OC(c2ccccc2)=C1. The highest BCUT2D eigenvalue weighted by atomic mass is 16.5. The summed E-state index contributed by atoms with van der Waals surface area (Å²) in [6.07, 6.45) is 4.14. The monoisotopic (exact) mass is 326 g/mol. The number of rotatable bonds is 2. The molecule has 3 heteroatoms. The van der Waals surface area contributed by atoms with E-state index < -0.39 is 0 Å². The van der Waals surface area contributed by atoms with Gasteiger partial charge in [0.05, 0.1) is 11.4 Å². The van der Waals surface area contributed by atoms with Crippen molar-refractivity contribution >= 4 is 22.9 Å². The highest BCUT2D eigenvalue weighted by Crippen LogP contribution is 2.34. The molecular formula is C22H18N2O. The molecule has 0 unspecified atom stereocenters. The van der Waals surface area contributed by atoms with Gasteiger partial charge in [0.2, 0.25) is 0 Å². The Kier molecular flexibility index (Phi) is 3.90. The van der Waals surface area contributed by atoms with E-state index in [0.29, 0.717) is 0 Å². The summed E-state index contributed by atoms with van der Waals surface area (Å²) in [5, 5.41) is 8.43. The van der Waals surface area contributed by atoms with Crippen LogP contribution in [0.4, 0.5) is 0 Å². The molecule has 0 amide bonds. The van der Waals surface area contributed by atoms with Gasteiger partial charge in [0, 0.05) is 16.7 Å². The van der Waals surface area contributed by atoms with E-state index in [1.54, 1.807) is 0 Å². The minimum absolute atomic E-state index is 0.831. The summed E-state index contributed by atoms with van der Waals surface area (Å²) in [5.74, 6) is 1.66. The van der Waals surface area contributed by atoms with Crippen molar-refractivity contribution in [3.05, 3.63) is 95.1 Å². The van der Waals surface area contributed by atoms with Gasteiger partial charge in [-0.2, -0.15) is 10.2 Å². The fourth-order valence-corrected chi connectivity index (χ4v) is 3.06. The molecule has 0 bridgehead atoms. The Labute approximate surface area is 147 Å². The van der Waals surface area contributed by atoms with E-state index >= 15 is 0 Å². The average Bonchev–Trinajstić information content (AvgIpc) is 3.01. The van der Waals surface area contributed by atoms with E-state index in [0.717, 1.165) is 45.2 Å². The first-order chi connectivity index (χ1) is 12.2. The van der Waals surface area contributed by atoms with Crippen molar-refractivity contribution in [1.29, 1.82) is 0 Å². The van der Waals surface area contributed by atoms with Gasteiger partial charge in [-0.1, -0.05) is 60.7 Å². The van der Waals surface area contributed by atoms with Crippen LogP contribution in [0.15, 0.2) is 94.2 Å². The molecule has 0 N–H and O–H groups in total. The van der Waals surface area contributed by atoms with Gasteiger partial charge in [0.1, 0.15) is 11.5 Å². The zero-order valence-corrected chi connectivity index (χ0v) is 14.2. The van der Waals surface area contributed by atoms with Crippen LogP contribution in [0.5, 0.6) is 0 Å². The van der Waals surface area contributed by atoms with Gasteiger partial charge in [-0.25, -0.2) is 0 Å². The lowest BCUT2D eigenvalue weighted by Gasteiger charge is -2.20. The normalized spacial score (nSPS) is 16.7. The highest BCUT2D eigenvalue weighted by molar-refractivity contribution is 6.26. The summed E-state index contributed by atoms with van der Waals surface area (Å²) in [7, 11) is 0. The van der Waals surface area contributed by atoms with Crippen molar-refractivity contribution in [2.24, 2.45) is 10.2 Å². The maximum Gasteiger partial charge on any atom is 0.135 e. The molecule has 0 aromatic heterocycles. The first kappa shape index (κ1) is 15.3. The Morgan fingerprint density at radius 2 is 1.08 bits per heavy atom. The molecule has 0 fully saturated rings. The van der Waals surface area contributed by atoms with Gasteiger partial charge < -0.3 is 4.74 Å². The molecule has 0 atom stereocenters. The minimum Gasteiger partial charge on any atom is -0.456 e. The summed E-state index contributed by atoms with van der Waals surface area (Å²) < 4.78 is 6.23. The summed E-state index contributed by atoms with van der Waals surface area (Å²) in [4.78, 5) is 0. The third kappa shape index (κ3) is 2.96. The molecule has 2 heterocycles. The topological polar surface area (TPSA) is 34.0 Å². The maximum atomic E-state index is 6.23. The predicted molar refractivity (Wildman–Crippen MR) is 103 cm³/mol. The van der Waals surface area contributed by atoms with Crippen LogP contribution in [0, 0.1) is 0 Å². The number of ether oxygens (including phenoxy) is 1. The second-order valence-electron chi connectivity index (χ2n) is 6.05. The third-order valence-electron chi connectivity index (χ3n) is 4.27. The molecule has 25 heavy (non-hydrogen) atoms. The Bertz CT molecular complexity index is 884. The van der Waals surface area contributed by atoms with Gasteiger partial charge >= 0.3 is 0 Å². The van der Waals surface area contributed by atoms with Crippen molar-refractivity contribution in [1.82, 2.24) is 0 Å². The zero-order valence-electron chi connectivity index (χ0n) is 14.2. The molecule has 2 aliphatic heterocycles. The van der Waals surface area contributed by atoms with Crippen LogP contribution in [-0.4, -0.2) is 11.4 Å². The zero-order chi connectivity index (χ0) is 17.2. The van der Waals surface area contributed by atoms with Gasteiger partial charge in [-0.15, -0.1) is 0 Å². The molecule has 2 aliphatic rings. The van der Waals surface area contributed by atoms with Gasteiger partial charge in [-0.05, 0) is 31.6 Å². The third-order valence-corrected chi connectivity index (χ3v) is 4.27. The van der Waals surface area contributed by atoms with Crippen LogP contribution in [0.3, 0.4) is 0 Å². The largest absolute Gasteiger partial charge is 0.456 e. The molecule has 4 rings (SSSR count). The Balaban J connectivity index is 1.88. The van der Waals surface area contributed by atoms with Crippen LogP contribution in [0.2, 0.25) is 0 Å². The average molecular weight is 326 g/mol. The highest BCUT2D eigenvalue weighted by Gasteiger charge is 2.21. The van der Waals surface area contributed by atoms with Crippen molar-refractivity contribution in [3.63, 3.8) is 0 Å². The van der Waals surface area contributed by atoms with E-state index in [1.807, 2.05) is 50.2 Å². The van der Waals surface area contributed by atoms with Crippen LogP contribution in [0.1, 0.15) is 25.0 Å². The van der Waals surface area contributed by atoms with Crippen molar-refractivity contribution < 1.29 is 4.74 Å². The minimum atomic E-state index is 0.831. The predicted octanol–water partition coefficient (Wildman–Crippen LogP) is 5.25. The Morgan fingerprint density at radius 1 is 0.640 bits per heavy atom. The standard InChI is InChI=1S/C22H18N2O/c1-15-22(16(2)24-23-15)19-13-20(17-9-5-3-6-10-17)25-21(14-19)18-11-7-4-8-12-18/h3-14H,1-2H3. The second-order valence-corrected chi connectivity index (χ2v) is 6.05. The quantitative estimate of drug-likeness (QED) is 0.742. The molecule has 0 saturated heterocycles. The fraction of sp³-hybridized carbons (Fsp3) is 0.0909. The van der Waals surface area contributed by atoms with Crippen LogP contribution < -0.4 is 0 Å². The lowest BCUT2D eigenvalue weighted by molar-refractivity contribution is 0.467. The van der Waals surface area contributed by atoms with E-state index in [1.165, 1.54) is 0 Å². The summed E-state index contributed by atoms with van der Waals surface area (Å²) in [6, 6.07) is 20.3. The van der Waals surface area contributed by atoms with Crippen LogP contribution in [0.25, 0.3) is 11.5 Å². The van der Waals surface area contributed by atoms with Crippen molar-refractivity contribution in [3.8, 4) is 0 Å². The summed E-state index contributed by atoms with van der Waals surface area (Å²) in [5.41, 5.74) is 6.10. The lowest BCUT2D eigenvalue weighted by atomic mass is 9.96. The van der Waals surface area contributed by atoms with E-state index in [4.69, 9.17) is 4.74 Å². The molecule has 2 aromatic carbocycles. The first-order valence-electron chi connectivity index (χ1n) is 8.28. The Hall–Kier alpha value is -3.20. The first-order valence-corrected chi connectivity index (χ1v) is 8.28.